The highest BCUT2D eigenvalue weighted by Crippen LogP contribution is 2.35. The third-order valence-corrected chi connectivity index (χ3v) is 5.52. The van der Waals surface area contributed by atoms with E-state index in [1.165, 1.54) is 0 Å². The van der Waals surface area contributed by atoms with Crippen molar-refractivity contribution in [3.8, 4) is 28.2 Å². The number of rotatable bonds is 9. The lowest BCUT2D eigenvalue weighted by Crippen LogP contribution is -2.16. The van der Waals surface area contributed by atoms with Gasteiger partial charge in [0.2, 0.25) is 11.8 Å². The monoisotopic (exact) mass is 442 g/mol. The molecule has 0 unspecified atom stereocenters. The lowest BCUT2D eigenvalue weighted by molar-refractivity contribution is -0.120. The minimum absolute atomic E-state index is 0.0330. The Morgan fingerprint density at radius 2 is 1.91 bits per heavy atom. The second kappa shape index (κ2) is 9.95. The van der Waals surface area contributed by atoms with Crippen molar-refractivity contribution < 1.29 is 9.59 Å². The number of aromatic amines is 1. The topological polar surface area (TPSA) is 119 Å². The molecule has 0 atom stereocenters. The number of carbonyl (C=O) groups is 2. The summed E-state index contributed by atoms with van der Waals surface area (Å²) >= 11 is 0. The second-order valence-corrected chi connectivity index (χ2v) is 7.72. The Labute approximate surface area is 191 Å². The van der Waals surface area contributed by atoms with E-state index in [9.17, 15) is 9.59 Å². The van der Waals surface area contributed by atoms with Gasteiger partial charge in [-0.1, -0.05) is 30.3 Å². The summed E-state index contributed by atoms with van der Waals surface area (Å²) in [5.41, 5.74) is 10.3. The number of nitrogens with one attached hydrogen (secondary N) is 2. The fourth-order valence-corrected chi connectivity index (χ4v) is 3.87. The molecule has 4 N–H and O–H groups in total. The predicted molar refractivity (Wildman–Crippen MR) is 127 cm³/mol. The molecule has 0 spiro atoms. The highest BCUT2D eigenvalue weighted by molar-refractivity contribution is 6.03. The molecule has 168 valence electrons. The number of H-pyrrole nitrogens is 1. The van der Waals surface area contributed by atoms with Crippen LogP contribution in [0.3, 0.4) is 0 Å². The fourth-order valence-electron chi connectivity index (χ4n) is 3.87. The van der Waals surface area contributed by atoms with Crippen molar-refractivity contribution in [3.05, 3.63) is 78.4 Å². The summed E-state index contributed by atoms with van der Waals surface area (Å²) in [6, 6.07) is 15.3. The summed E-state index contributed by atoms with van der Waals surface area (Å²) < 4.78 is 1.99. The Kier molecular flexibility index (Phi) is 6.64. The zero-order valence-corrected chi connectivity index (χ0v) is 18.4. The molecule has 0 saturated heterocycles. The molecule has 0 bridgehead atoms. The summed E-state index contributed by atoms with van der Waals surface area (Å²) in [7, 11) is 1.64. The number of primary amides is 1. The van der Waals surface area contributed by atoms with Crippen molar-refractivity contribution in [1.29, 1.82) is 0 Å². The average molecular weight is 443 g/mol. The maximum atomic E-state index is 12.4. The molecule has 8 nitrogen and oxygen atoms in total. The SMILES string of the molecule is CNC(=O)CCCCc1cn(-c2ccccc2)c(-c2c(C(N)=O)cccc2-c2cn[nH]c2)n1. The van der Waals surface area contributed by atoms with Gasteiger partial charge in [-0.15, -0.1) is 0 Å². The summed E-state index contributed by atoms with van der Waals surface area (Å²) in [6.07, 6.45) is 8.26. The van der Waals surface area contributed by atoms with Crippen LogP contribution < -0.4 is 11.1 Å². The van der Waals surface area contributed by atoms with Gasteiger partial charge < -0.3 is 11.1 Å². The van der Waals surface area contributed by atoms with Gasteiger partial charge >= 0.3 is 0 Å². The first kappa shape index (κ1) is 22.0. The van der Waals surface area contributed by atoms with E-state index in [2.05, 4.69) is 15.5 Å². The van der Waals surface area contributed by atoms with Gasteiger partial charge in [0.05, 0.1) is 17.5 Å². The number of imidazole rings is 1. The smallest absolute Gasteiger partial charge is 0.249 e. The molecule has 4 aromatic rings. The third kappa shape index (κ3) is 4.85. The van der Waals surface area contributed by atoms with Crippen molar-refractivity contribution in [3.63, 3.8) is 0 Å². The summed E-state index contributed by atoms with van der Waals surface area (Å²) in [5, 5.41) is 9.54. The Balaban J connectivity index is 1.81. The molecule has 33 heavy (non-hydrogen) atoms. The number of benzene rings is 2. The second-order valence-electron chi connectivity index (χ2n) is 7.72. The number of hydrogen-bond donors (Lipinski definition) is 3. The van der Waals surface area contributed by atoms with Crippen LogP contribution in [0.25, 0.3) is 28.2 Å². The third-order valence-electron chi connectivity index (χ3n) is 5.52. The van der Waals surface area contributed by atoms with Crippen molar-refractivity contribution in [2.24, 2.45) is 5.73 Å². The first-order valence-electron chi connectivity index (χ1n) is 10.8. The van der Waals surface area contributed by atoms with E-state index in [0.717, 1.165) is 35.3 Å². The Bertz CT molecular complexity index is 1250. The number of hydrogen-bond acceptors (Lipinski definition) is 4. The largest absolute Gasteiger partial charge is 0.366 e. The highest BCUT2D eigenvalue weighted by Gasteiger charge is 2.22. The Hall–Kier alpha value is -4.20. The zero-order chi connectivity index (χ0) is 23.2. The lowest BCUT2D eigenvalue weighted by atomic mass is 9.96. The highest BCUT2D eigenvalue weighted by atomic mass is 16.1. The minimum Gasteiger partial charge on any atom is -0.366 e. The number of nitrogens with two attached hydrogens (primary N) is 1. The molecule has 0 aliphatic carbocycles. The van der Waals surface area contributed by atoms with Crippen LogP contribution in [0.2, 0.25) is 0 Å². The summed E-state index contributed by atoms with van der Waals surface area (Å²) in [6.45, 7) is 0. The number of amides is 2. The molecule has 2 amide bonds. The number of unbranched alkanes of at least 4 members (excludes halogenated alkanes) is 1. The number of nitrogens with zero attached hydrogens (tertiary/aromatic N) is 3. The zero-order valence-electron chi connectivity index (χ0n) is 18.4. The molecule has 2 heterocycles. The van der Waals surface area contributed by atoms with Crippen LogP contribution in [-0.4, -0.2) is 38.6 Å². The molecule has 2 aromatic heterocycles. The van der Waals surface area contributed by atoms with Crippen molar-refractivity contribution in [2.75, 3.05) is 7.05 Å². The number of aryl methyl sites for hydroxylation is 1. The molecule has 0 saturated carbocycles. The van der Waals surface area contributed by atoms with Crippen LogP contribution in [0, 0.1) is 0 Å². The molecule has 0 aliphatic rings. The maximum absolute atomic E-state index is 12.4. The quantitative estimate of drug-likeness (QED) is 0.344. The standard InChI is InChI=1S/C25H26N6O2/c1-27-22(32)13-6-5-8-18-16-31(19-9-3-2-4-10-19)25(30-18)23-20(17-14-28-29-15-17)11-7-12-21(23)24(26)33/h2-4,7,9-12,14-16H,5-6,8,13H2,1H3,(H2,26,33)(H,27,32)(H,28,29). The van der Waals surface area contributed by atoms with E-state index < -0.39 is 5.91 Å². The summed E-state index contributed by atoms with van der Waals surface area (Å²) in [4.78, 5) is 28.9. The first-order valence-corrected chi connectivity index (χ1v) is 10.8. The number of aromatic nitrogens is 4. The van der Waals surface area contributed by atoms with Gasteiger partial charge in [0.25, 0.3) is 0 Å². The van der Waals surface area contributed by atoms with Crippen LogP contribution >= 0.6 is 0 Å². The molecule has 4 rings (SSSR count). The molecule has 8 heteroatoms. The Morgan fingerprint density at radius 1 is 1.09 bits per heavy atom. The van der Waals surface area contributed by atoms with Crippen LogP contribution in [0.4, 0.5) is 0 Å². The fraction of sp³-hybridized carbons (Fsp3) is 0.200. The van der Waals surface area contributed by atoms with Crippen LogP contribution in [0.1, 0.15) is 35.3 Å². The predicted octanol–water partition coefficient (Wildman–Crippen LogP) is 3.49. The molecular weight excluding hydrogens is 416 g/mol. The van der Waals surface area contributed by atoms with Crippen molar-refractivity contribution in [2.45, 2.75) is 25.7 Å². The van der Waals surface area contributed by atoms with Crippen molar-refractivity contribution >= 4 is 11.8 Å². The molecule has 2 aromatic carbocycles. The van der Waals surface area contributed by atoms with Gasteiger partial charge in [0.1, 0.15) is 5.82 Å². The molecular formula is C25H26N6O2. The van der Waals surface area contributed by atoms with E-state index in [1.807, 2.05) is 47.2 Å². The van der Waals surface area contributed by atoms with E-state index in [4.69, 9.17) is 10.7 Å². The van der Waals surface area contributed by atoms with Gasteiger partial charge in [-0.2, -0.15) is 5.10 Å². The van der Waals surface area contributed by atoms with Gasteiger partial charge in [-0.25, -0.2) is 4.98 Å². The van der Waals surface area contributed by atoms with Gasteiger partial charge in [-0.3, -0.25) is 19.3 Å². The normalized spacial score (nSPS) is 10.8. The van der Waals surface area contributed by atoms with E-state index >= 15 is 0 Å². The van der Waals surface area contributed by atoms with E-state index in [1.54, 1.807) is 31.6 Å². The maximum Gasteiger partial charge on any atom is 0.249 e. The Morgan fingerprint density at radius 3 is 2.61 bits per heavy atom. The first-order chi connectivity index (χ1) is 16.1. The van der Waals surface area contributed by atoms with Crippen molar-refractivity contribution in [1.82, 2.24) is 25.1 Å². The van der Waals surface area contributed by atoms with Gasteiger partial charge in [0.15, 0.2) is 0 Å². The van der Waals surface area contributed by atoms with E-state index in [-0.39, 0.29) is 5.91 Å². The summed E-state index contributed by atoms with van der Waals surface area (Å²) in [5.74, 6) is 0.142. The molecule has 0 radical (unpaired) electrons. The van der Waals surface area contributed by atoms with Gasteiger partial charge in [-0.05, 0) is 43.0 Å². The molecule has 0 aliphatic heterocycles. The minimum atomic E-state index is -0.523. The molecule has 0 fully saturated rings. The number of carbonyl (C=O) groups excluding carboxylic acids is 2. The lowest BCUT2D eigenvalue weighted by Gasteiger charge is -2.14. The van der Waals surface area contributed by atoms with Crippen LogP contribution in [0.15, 0.2) is 67.1 Å². The van der Waals surface area contributed by atoms with E-state index in [0.29, 0.717) is 29.8 Å². The number of para-hydroxylation sites is 1. The van der Waals surface area contributed by atoms with Gasteiger partial charge in [0, 0.05) is 42.7 Å². The average Bonchev–Trinajstić information content (AvgIpc) is 3.52. The van der Waals surface area contributed by atoms with Crippen LogP contribution in [0.5, 0.6) is 0 Å². The van der Waals surface area contributed by atoms with Crippen LogP contribution in [-0.2, 0) is 11.2 Å².